The first-order chi connectivity index (χ1) is 8.30. The zero-order valence-electron chi connectivity index (χ0n) is 8.83. The Labute approximate surface area is 101 Å². The monoisotopic (exact) mass is 277 g/mol. The number of hydrogen-bond acceptors (Lipinski definition) is 5. The molecule has 0 bridgehead atoms. The van der Waals surface area contributed by atoms with Gasteiger partial charge < -0.3 is 5.11 Å². The van der Waals surface area contributed by atoms with Crippen molar-refractivity contribution in [3.63, 3.8) is 0 Å². The van der Waals surface area contributed by atoms with Crippen LogP contribution in [-0.2, 0) is 15.0 Å². The second-order valence-corrected chi connectivity index (χ2v) is 5.36. The van der Waals surface area contributed by atoms with E-state index in [1.165, 1.54) is 0 Å². The van der Waals surface area contributed by atoms with E-state index in [1.807, 2.05) is 0 Å². The van der Waals surface area contributed by atoms with E-state index in [4.69, 9.17) is 5.11 Å². The normalized spacial score (nSPS) is 20.4. The number of anilines is 1. The molecule has 2 heterocycles. The van der Waals surface area contributed by atoms with Crippen LogP contribution in [0.4, 0.5) is 9.70 Å². The summed E-state index contributed by atoms with van der Waals surface area (Å²) in [7, 11) is -4.84. The third-order valence-corrected chi connectivity index (χ3v) is 3.72. The third-order valence-electron chi connectivity index (χ3n) is 2.61. The number of H-pyrrole nitrogens is 1. The van der Waals surface area contributed by atoms with Gasteiger partial charge >= 0.3 is 16.2 Å². The van der Waals surface area contributed by atoms with Crippen LogP contribution in [0.1, 0.15) is 16.8 Å². The summed E-state index contributed by atoms with van der Waals surface area (Å²) in [5, 5.41) is 13.1. The molecule has 18 heavy (non-hydrogen) atoms. The first kappa shape index (κ1) is 12.5. The van der Waals surface area contributed by atoms with Crippen LogP contribution in [0.5, 0.6) is 0 Å². The van der Waals surface area contributed by atoms with Crippen LogP contribution in [0.2, 0.25) is 0 Å². The molecule has 0 radical (unpaired) electrons. The van der Waals surface area contributed by atoms with E-state index in [2.05, 4.69) is 10.2 Å². The van der Waals surface area contributed by atoms with E-state index in [9.17, 15) is 21.9 Å². The lowest BCUT2D eigenvalue weighted by Crippen LogP contribution is -2.28. The molecule has 10 heteroatoms. The molecule has 98 valence electrons. The third kappa shape index (κ3) is 2.06. The van der Waals surface area contributed by atoms with Gasteiger partial charge in [-0.15, -0.1) is 3.89 Å². The first-order valence-corrected chi connectivity index (χ1v) is 6.26. The van der Waals surface area contributed by atoms with Gasteiger partial charge in [0, 0.05) is 13.0 Å². The molecule has 1 saturated heterocycles. The summed E-state index contributed by atoms with van der Waals surface area (Å²) in [6.45, 7) is -0.430. The molecule has 1 aliphatic rings. The number of halogens is 1. The number of carbonyl (C=O) groups is 2. The Morgan fingerprint density at radius 2 is 2.28 bits per heavy atom. The number of hydrogen-bond donors (Lipinski definition) is 2. The summed E-state index contributed by atoms with van der Waals surface area (Å²) in [5.74, 6) is -2.13. The summed E-state index contributed by atoms with van der Waals surface area (Å²) in [5.41, 5.74) is -0.278. The minimum Gasteiger partial charge on any atom is -0.477 e. The fourth-order valence-electron chi connectivity index (χ4n) is 1.72. The van der Waals surface area contributed by atoms with Crippen LogP contribution in [0.15, 0.2) is 6.20 Å². The molecule has 1 atom stereocenters. The van der Waals surface area contributed by atoms with Crippen molar-refractivity contribution in [2.75, 3.05) is 11.4 Å². The highest BCUT2D eigenvalue weighted by molar-refractivity contribution is 7.87. The Bertz CT molecular complexity index is 610. The van der Waals surface area contributed by atoms with Gasteiger partial charge in [-0.25, -0.2) is 4.79 Å². The minimum absolute atomic E-state index is 0.140. The molecular weight excluding hydrogens is 269 g/mol. The Balaban J connectivity index is 2.33. The maximum Gasteiger partial charge on any atom is 0.341 e. The van der Waals surface area contributed by atoms with Gasteiger partial charge in [0.2, 0.25) is 5.91 Å². The van der Waals surface area contributed by atoms with E-state index >= 15 is 0 Å². The highest BCUT2D eigenvalue weighted by Crippen LogP contribution is 2.26. The van der Waals surface area contributed by atoms with E-state index in [0.29, 0.717) is 0 Å². The average Bonchev–Trinajstić information content (AvgIpc) is 2.81. The predicted octanol–water partition coefficient (Wildman–Crippen LogP) is -0.488. The Hall–Kier alpha value is -1.97. The summed E-state index contributed by atoms with van der Waals surface area (Å²) < 4.78 is 34.2. The van der Waals surface area contributed by atoms with E-state index in [-0.39, 0.29) is 11.4 Å². The number of rotatable bonds is 3. The van der Waals surface area contributed by atoms with Gasteiger partial charge in [0.15, 0.2) is 0 Å². The van der Waals surface area contributed by atoms with Gasteiger partial charge in [-0.3, -0.25) is 14.8 Å². The number of carboxylic acid groups (broad SMARTS) is 1. The van der Waals surface area contributed by atoms with Crippen LogP contribution in [0, 0.1) is 0 Å². The fraction of sp³-hybridized carbons (Fsp3) is 0.375. The lowest BCUT2D eigenvalue weighted by atomic mass is 10.3. The molecule has 0 saturated carbocycles. The molecule has 8 nitrogen and oxygen atoms in total. The number of aromatic carboxylic acids is 1. The Kier molecular flexibility index (Phi) is 2.81. The van der Waals surface area contributed by atoms with Gasteiger partial charge in [-0.05, 0) is 0 Å². The molecule has 1 fully saturated rings. The van der Waals surface area contributed by atoms with Crippen LogP contribution in [0.3, 0.4) is 0 Å². The Morgan fingerprint density at radius 1 is 1.61 bits per heavy atom. The number of aromatic amines is 1. The van der Waals surface area contributed by atoms with Crippen molar-refractivity contribution in [3.05, 3.63) is 11.8 Å². The van der Waals surface area contributed by atoms with Crippen molar-refractivity contribution in [3.8, 4) is 0 Å². The summed E-state index contributed by atoms with van der Waals surface area (Å²) in [4.78, 5) is 23.3. The second kappa shape index (κ2) is 4.05. The summed E-state index contributed by atoms with van der Waals surface area (Å²) >= 11 is 0. The standard InChI is InChI=1S/C8H8FN3O5S/c9-18(16,17)4-1-6(13)12(3-4)7-5(8(14)15)2-10-11-7/h2,4H,1,3H2,(H,10,11)(H,14,15). The highest BCUT2D eigenvalue weighted by Gasteiger charge is 2.40. The topological polar surface area (TPSA) is 120 Å². The van der Waals surface area contributed by atoms with Gasteiger partial charge in [0.25, 0.3) is 0 Å². The van der Waals surface area contributed by atoms with Crippen LogP contribution < -0.4 is 4.90 Å². The van der Waals surface area contributed by atoms with E-state index < -0.39 is 40.3 Å². The molecule has 1 unspecified atom stereocenters. The number of nitrogens with zero attached hydrogens (tertiary/aromatic N) is 2. The number of aromatic nitrogens is 2. The van der Waals surface area contributed by atoms with Crippen molar-refractivity contribution in [2.24, 2.45) is 0 Å². The van der Waals surface area contributed by atoms with Gasteiger partial charge in [0.05, 0.1) is 6.20 Å². The van der Waals surface area contributed by atoms with Gasteiger partial charge in [0.1, 0.15) is 16.6 Å². The quantitative estimate of drug-likeness (QED) is 0.719. The summed E-state index contributed by atoms with van der Waals surface area (Å²) in [6.07, 6.45) is 0.471. The van der Waals surface area contributed by atoms with Crippen molar-refractivity contribution >= 4 is 27.9 Å². The molecule has 2 N–H and O–H groups in total. The lowest BCUT2D eigenvalue weighted by Gasteiger charge is -2.14. The molecule has 1 aromatic heterocycles. The van der Waals surface area contributed by atoms with Crippen molar-refractivity contribution < 1.29 is 27.0 Å². The van der Waals surface area contributed by atoms with E-state index in [1.54, 1.807) is 0 Å². The van der Waals surface area contributed by atoms with Crippen molar-refractivity contribution in [1.82, 2.24) is 10.2 Å². The van der Waals surface area contributed by atoms with Crippen molar-refractivity contribution in [2.45, 2.75) is 11.7 Å². The fourth-order valence-corrected chi connectivity index (χ4v) is 2.39. The van der Waals surface area contributed by atoms with Crippen LogP contribution in [-0.4, -0.2) is 47.4 Å². The van der Waals surface area contributed by atoms with Crippen LogP contribution >= 0.6 is 0 Å². The minimum atomic E-state index is -4.84. The zero-order chi connectivity index (χ0) is 13.5. The number of carboxylic acids is 1. The van der Waals surface area contributed by atoms with Crippen molar-refractivity contribution in [1.29, 1.82) is 0 Å². The van der Waals surface area contributed by atoms with Crippen LogP contribution in [0.25, 0.3) is 0 Å². The SMILES string of the molecule is O=C(O)c1cn[nH]c1N1CC(S(=O)(=O)F)CC1=O. The maximum atomic E-state index is 12.8. The molecule has 0 spiro atoms. The van der Waals surface area contributed by atoms with Gasteiger partial charge in [-0.2, -0.15) is 13.5 Å². The molecule has 0 aliphatic carbocycles. The second-order valence-electron chi connectivity index (χ2n) is 3.74. The number of amides is 1. The molecule has 1 aromatic rings. The molecule has 2 rings (SSSR count). The number of carbonyl (C=O) groups excluding carboxylic acids is 1. The largest absolute Gasteiger partial charge is 0.477 e. The first-order valence-electron chi connectivity index (χ1n) is 4.81. The lowest BCUT2D eigenvalue weighted by molar-refractivity contribution is -0.117. The maximum absolute atomic E-state index is 12.8. The molecule has 1 amide bonds. The smallest absolute Gasteiger partial charge is 0.341 e. The Morgan fingerprint density at radius 3 is 2.78 bits per heavy atom. The van der Waals surface area contributed by atoms with E-state index in [0.717, 1.165) is 11.1 Å². The average molecular weight is 277 g/mol. The molecule has 1 aliphatic heterocycles. The summed E-state index contributed by atoms with van der Waals surface area (Å²) in [6, 6.07) is 0. The zero-order valence-corrected chi connectivity index (χ0v) is 9.65. The van der Waals surface area contributed by atoms with Gasteiger partial charge in [-0.1, -0.05) is 0 Å². The number of nitrogens with one attached hydrogen (secondary N) is 1. The highest BCUT2D eigenvalue weighted by atomic mass is 32.3. The molecular formula is C8H8FN3O5S. The molecule has 0 aromatic carbocycles. The predicted molar refractivity (Wildman–Crippen MR) is 56.3 cm³/mol.